The first-order valence-electron chi connectivity index (χ1n) is 8.98. The van der Waals surface area contributed by atoms with Crippen molar-refractivity contribution in [3.8, 4) is 11.5 Å². The molecule has 1 atom stereocenters. The molecule has 1 aliphatic heterocycles. The monoisotopic (exact) mass is 364 g/mol. The number of benzene rings is 1. The van der Waals surface area contributed by atoms with E-state index in [2.05, 4.69) is 10.6 Å². The molecular weight excluding hydrogens is 336 g/mol. The van der Waals surface area contributed by atoms with Crippen LogP contribution in [-0.2, 0) is 20.7 Å². The Morgan fingerprint density at radius 1 is 1.12 bits per heavy atom. The van der Waals surface area contributed by atoms with E-state index >= 15 is 0 Å². The Kier molecular flexibility index (Phi) is 8.21. The topological polar surface area (TPSA) is 85.9 Å². The highest BCUT2D eigenvalue weighted by molar-refractivity contribution is 5.83. The van der Waals surface area contributed by atoms with Gasteiger partial charge in [0.2, 0.25) is 11.8 Å². The summed E-state index contributed by atoms with van der Waals surface area (Å²) in [7, 11) is 3.18. The minimum Gasteiger partial charge on any atom is -0.493 e. The van der Waals surface area contributed by atoms with Crippen LogP contribution in [-0.4, -0.2) is 51.8 Å². The first-order valence-corrected chi connectivity index (χ1v) is 8.98. The SMILES string of the molecule is COc1ccc(CCNC(=O)CCC(=O)NC[C@@H]2CCCO2)cc1OC. The molecule has 0 radical (unpaired) electrons. The minimum absolute atomic E-state index is 0.115. The molecule has 7 nitrogen and oxygen atoms in total. The average molecular weight is 364 g/mol. The van der Waals surface area contributed by atoms with Crippen LogP contribution in [0.2, 0.25) is 0 Å². The average Bonchev–Trinajstić information content (AvgIpc) is 3.18. The van der Waals surface area contributed by atoms with Crippen LogP contribution in [0.1, 0.15) is 31.2 Å². The zero-order valence-electron chi connectivity index (χ0n) is 15.5. The van der Waals surface area contributed by atoms with Crippen LogP contribution in [0.5, 0.6) is 11.5 Å². The molecule has 1 aromatic rings. The van der Waals surface area contributed by atoms with Crippen LogP contribution in [0, 0.1) is 0 Å². The third kappa shape index (κ3) is 6.55. The Labute approximate surface area is 154 Å². The van der Waals surface area contributed by atoms with Gasteiger partial charge in [-0.05, 0) is 37.0 Å². The molecule has 0 bridgehead atoms. The van der Waals surface area contributed by atoms with Crippen LogP contribution >= 0.6 is 0 Å². The molecule has 1 heterocycles. The molecule has 2 amide bonds. The van der Waals surface area contributed by atoms with Crippen molar-refractivity contribution in [2.45, 2.75) is 38.2 Å². The molecule has 1 aromatic carbocycles. The Hall–Kier alpha value is -2.28. The molecule has 26 heavy (non-hydrogen) atoms. The van der Waals surface area contributed by atoms with Gasteiger partial charge in [-0.2, -0.15) is 0 Å². The van der Waals surface area contributed by atoms with E-state index in [-0.39, 0.29) is 30.8 Å². The highest BCUT2D eigenvalue weighted by Gasteiger charge is 2.16. The summed E-state index contributed by atoms with van der Waals surface area (Å²) in [5.41, 5.74) is 1.04. The summed E-state index contributed by atoms with van der Waals surface area (Å²) in [6, 6.07) is 5.67. The third-order valence-corrected chi connectivity index (χ3v) is 4.31. The number of hydrogen-bond acceptors (Lipinski definition) is 5. The number of carbonyl (C=O) groups is 2. The molecule has 0 saturated carbocycles. The van der Waals surface area contributed by atoms with Gasteiger partial charge < -0.3 is 24.8 Å². The van der Waals surface area contributed by atoms with Crippen molar-refractivity contribution in [3.05, 3.63) is 23.8 Å². The molecule has 144 valence electrons. The number of carbonyl (C=O) groups excluding carboxylic acids is 2. The molecule has 2 rings (SSSR count). The van der Waals surface area contributed by atoms with E-state index in [4.69, 9.17) is 14.2 Å². The van der Waals surface area contributed by atoms with Crippen molar-refractivity contribution in [3.63, 3.8) is 0 Å². The molecular formula is C19H28N2O5. The molecule has 1 saturated heterocycles. The molecule has 0 unspecified atom stereocenters. The molecule has 1 aliphatic rings. The first-order chi connectivity index (χ1) is 12.6. The summed E-state index contributed by atoms with van der Waals surface area (Å²) >= 11 is 0. The van der Waals surface area contributed by atoms with Crippen LogP contribution in [0.15, 0.2) is 18.2 Å². The van der Waals surface area contributed by atoms with Gasteiger partial charge in [0, 0.05) is 32.5 Å². The Balaban J connectivity index is 1.61. The van der Waals surface area contributed by atoms with E-state index in [1.165, 1.54) is 0 Å². The molecule has 0 spiro atoms. The largest absolute Gasteiger partial charge is 0.493 e. The van der Waals surface area contributed by atoms with E-state index in [1.807, 2.05) is 18.2 Å². The van der Waals surface area contributed by atoms with Crippen molar-refractivity contribution in [1.82, 2.24) is 10.6 Å². The predicted molar refractivity (Wildman–Crippen MR) is 97.5 cm³/mol. The highest BCUT2D eigenvalue weighted by Crippen LogP contribution is 2.27. The molecule has 0 aromatic heterocycles. The van der Waals surface area contributed by atoms with Crippen molar-refractivity contribution < 1.29 is 23.8 Å². The van der Waals surface area contributed by atoms with Gasteiger partial charge in [-0.15, -0.1) is 0 Å². The van der Waals surface area contributed by atoms with Crippen LogP contribution in [0.4, 0.5) is 0 Å². The van der Waals surface area contributed by atoms with Gasteiger partial charge >= 0.3 is 0 Å². The quantitative estimate of drug-likeness (QED) is 0.656. The van der Waals surface area contributed by atoms with Crippen molar-refractivity contribution in [2.75, 3.05) is 33.9 Å². The maximum atomic E-state index is 11.9. The van der Waals surface area contributed by atoms with E-state index in [9.17, 15) is 9.59 Å². The van der Waals surface area contributed by atoms with Crippen LogP contribution < -0.4 is 20.1 Å². The molecule has 1 fully saturated rings. The Morgan fingerprint density at radius 3 is 2.50 bits per heavy atom. The Bertz CT molecular complexity index is 600. The summed E-state index contributed by atoms with van der Waals surface area (Å²) < 4.78 is 15.9. The number of rotatable bonds is 10. The lowest BCUT2D eigenvalue weighted by Gasteiger charge is -2.11. The lowest BCUT2D eigenvalue weighted by Crippen LogP contribution is -2.33. The highest BCUT2D eigenvalue weighted by atomic mass is 16.5. The lowest BCUT2D eigenvalue weighted by molar-refractivity contribution is -0.126. The van der Waals surface area contributed by atoms with Crippen LogP contribution in [0.3, 0.4) is 0 Å². The second-order valence-corrected chi connectivity index (χ2v) is 6.23. The summed E-state index contributed by atoms with van der Waals surface area (Å²) in [6.07, 6.45) is 3.20. The summed E-state index contributed by atoms with van der Waals surface area (Å²) in [4.78, 5) is 23.6. The van der Waals surface area contributed by atoms with Crippen LogP contribution in [0.25, 0.3) is 0 Å². The van der Waals surface area contributed by atoms with Gasteiger partial charge in [0.25, 0.3) is 0 Å². The summed E-state index contributed by atoms with van der Waals surface area (Å²) in [6.45, 7) is 1.80. The molecule has 2 N–H and O–H groups in total. The van der Waals surface area contributed by atoms with Crippen molar-refractivity contribution >= 4 is 11.8 Å². The minimum atomic E-state index is -0.127. The number of methoxy groups -OCH3 is 2. The summed E-state index contributed by atoms with van der Waals surface area (Å²) in [5, 5.41) is 5.65. The van der Waals surface area contributed by atoms with Gasteiger partial charge in [0.05, 0.1) is 20.3 Å². The van der Waals surface area contributed by atoms with Crippen molar-refractivity contribution in [2.24, 2.45) is 0 Å². The van der Waals surface area contributed by atoms with Gasteiger partial charge in [0.15, 0.2) is 11.5 Å². The smallest absolute Gasteiger partial charge is 0.220 e. The Morgan fingerprint density at radius 2 is 1.85 bits per heavy atom. The van der Waals surface area contributed by atoms with E-state index in [0.717, 1.165) is 25.0 Å². The van der Waals surface area contributed by atoms with Crippen molar-refractivity contribution in [1.29, 1.82) is 0 Å². The number of ether oxygens (including phenoxy) is 3. The van der Waals surface area contributed by atoms with E-state index in [1.54, 1.807) is 14.2 Å². The standard InChI is InChI=1S/C19H28N2O5/c1-24-16-6-5-14(12-17(16)25-2)9-10-20-18(22)7-8-19(23)21-13-15-4-3-11-26-15/h5-6,12,15H,3-4,7-11,13H2,1-2H3,(H,20,22)(H,21,23)/t15-/m0/s1. The first kappa shape index (κ1) is 20.0. The van der Waals surface area contributed by atoms with Gasteiger partial charge in [0.1, 0.15) is 0 Å². The summed E-state index contributed by atoms with van der Waals surface area (Å²) in [5.74, 6) is 1.10. The second kappa shape index (κ2) is 10.7. The number of amides is 2. The molecule has 0 aliphatic carbocycles. The van der Waals surface area contributed by atoms with Gasteiger partial charge in [-0.1, -0.05) is 6.07 Å². The number of nitrogens with one attached hydrogen (secondary N) is 2. The van der Waals surface area contributed by atoms with Gasteiger partial charge in [-0.25, -0.2) is 0 Å². The predicted octanol–water partition coefficient (Wildman–Crippen LogP) is 1.44. The lowest BCUT2D eigenvalue weighted by atomic mass is 10.1. The fraction of sp³-hybridized carbons (Fsp3) is 0.579. The number of hydrogen-bond donors (Lipinski definition) is 2. The third-order valence-electron chi connectivity index (χ3n) is 4.31. The van der Waals surface area contributed by atoms with E-state index < -0.39 is 0 Å². The molecule has 7 heteroatoms. The van der Waals surface area contributed by atoms with E-state index in [0.29, 0.717) is 31.0 Å². The van der Waals surface area contributed by atoms with Gasteiger partial charge in [-0.3, -0.25) is 9.59 Å². The normalized spacial score (nSPS) is 16.2. The zero-order valence-corrected chi connectivity index (χ0v) is 15.5. The second-order valence-electron chi connectivity index (χ2n) is 6.23. The zero-order chi connectivity index (χ0) is 18.8. The maximum absolute atomic E-state index is 11.9. The fourth-order valence-corrected chi connectivity index (χ4v) is 2.82. The fourth-order valence-electron chi connectivity index (χ4n) is 2.82. The maximum Gasteiger partial charge on any atom is 0.220 e.